The van der Waals surface area contributed by atoms with Crippen LogP contribution in [-0.2, 0) is 14.8 Å². The second-order valence-corrected chi connectivity index (χ2v) is 7.69. The summed E-state index contributed by atoms with van der Waals surface area (Å²) in [4.78, 5) is 37.5. The fourth-order valence-corrected chi connectivity index (χ4v) is 3.93. The number of aromatic amines is 1. The third-order valence-corrected chi connectivity index (χ3v) is 5.54. The Labute approximate surface area is 156 Å². The van der Waals surface area contributed by atoms with E-state index in [0.717, 1.165) is 6.07 Å². The molecule has 0 spiro atoms. The first-order valence-electron chi connectivity index (χ1n) is 7.46. The zero-order valence-electron chi connectivity index (χ0n) is 13.5. The number of nitrogens with zero attached hydrogens (tertiary/aromatic N) is 1. The lowest BCUT2D eigenvalue weighted by Gasteiger charge is -2.10. The normalized spacial score (nSPS) is 11.4. The molecule has 0 aliphatic carbocycles. The van der Waals surface area contributed by atoms with E-state index in [0.29, 0.717) is 0 Å². The fraction of sp³-hybridized carbons (Fsp3) is 0.0625. The van der Waals surface area contributed by atoms with Gasteiger partial charge in [-0.3, -0.25) is 9.59 Å². The van der Waals surface area contributed by atoms with Gasteiger partial charge in [0.2, 0.25) is 0 Å². The zero-order valence-corrected chi connectivity index (χ0v) is 15.0. The van der Waals surface area contributed by atoms with E-state index < -0.39 is 33.8 Å². The summed E-state index contributed by atoms with van der Waals surface area (Å²) in [5.41, 5.74) is -1.84. The molecule has 0 aliphatic heterocycles. The maximum Gasteiger partial charge on any atom is 0.343 e. The highest BCUT2D eigenvalue weighted by atomic mass is 35.5. The Morgan fingerprint density at radius 1 is 1.19 bits per heavy atom. The molecule has 1 aromatic heterocycles. The molecular weight excluding hydrogens is 398 g/mol. The smallest absolute Gasteiger partial charge is 0.343 e. The number of anilines is 1. The lowest BCUT2D eigenvalue weighted by Crippen LogP contribution is -2.40. The summed E-state index contributed by atoms with van der Waals surface area (Å²) < 4.78 is 25.8. The van der Waals surface area contributed by atoms with Gasteiger partial charge in [-0.25, -0.2) is 13.2 Å². The second kappa shape index (κ2) is 6.89. The Balaban J connectivity index is 2.17. The summed E-state index contributed by atoms with van der Waals surface area (Å²) in [5.74, 6) is -1.14. The van der Waals surface area contributed by atoms with Crippen molar-refractivity contribution >= 4 is 44.2 Å². The molecule has 9 nitrogen and oxygen atoms in total. The van der Waals surface area contributed by atoms with Crippen LogP contribution >= 0.6 is 11.6 Å². The summed E-state index contributed by atoms with van der Waals surface area (Å²) in [7, 11) is -4.52. The average Bonchev–Trinajstić information content (AvgIpc) is 2.59. The quantitative estimate of drug-likeness (QED) is 0.573. The minimum atomic E-state index is -4.52. The molecule has 2 aromatic carbocycles. The Morgan fingerprint density at radius 3 is 2.63 bits per heavy atom. The number of aromatic nitrogens is 2. The highest BCUT2D eigenvalue weighted by Crippen LogP contribution is 2.18. The van der Waals surface area contributed by atoms with Crippen molar-refractivity contribution in [3.8, 4) is 0 Å². The molecule has 0 atom stereocenters. The molecular formula is C16H12ClN3O6S. The van der Waals surface area contributed by atoms with Crippen LogP contribution in [0.25, 0.3) is 10.9 Å². The van der Waals surface area contributed by atoms with Crippen LogP contribution in [0.15, 0.2) is 56.9 Å². The molecule has 0 saturated carbocycles. The zero-order chi connectivity index (χ0) is 19.8. The first-order valence-corrected chi connectivity index (χ1v) is 9.28. The minimum absolute atomic E-state index is 0.0252. The van der Waals surface area contributed by atoms with Crippen molar-refractivity contribution in [1.29, 1.82) is 0 Å². The van der Waals surface area contributed by atoms with E-state index in [2.05, 4.69) is 10.3 Å². The molecule has 1 heterocycles. The first-order chi connectivity index (χ1) is 12.7. The maximum atomic E-state index is 12.8. The second-order valence-electron chi connectivity index (χ2n) is 5.47. The third kappa shape index (κ3) is 3.57. The number of hydrogen-bond acceptors (Lipinski definition) is 6. The van der Waals surface area contributed by atoms with Gasteiger partial charge in [-0.05, 0) is 36.4 Å². The molecule has 3 rings (SSSR count). The largest absolute Gasteiger partial charge is 0.480 e. The van der Waals surface area contributed by atoms with E-state index in [1.807, 2.05) is 0 Å². The van der Waals surface area contributed by atoms with E-state index in [9.17, 15) is 22.8 Å². The number of carboxylic acid groups (broad SMARTS) is 1. The van der Waals surface area contributed by atoms with Crippen molar-refractivity contribution in [2.45, 2.75) is 4.90 Å². The van der Waals surface area contributed by atoms with Crippen molar-refractivity contribution in [3.05, 3.63) is 68.3 Å². The maximum absolute atomic E-state index is 12.8. The molecule has 0 saturated heterocycles. The van der Waals surface area contributed by atoms with Crippen LogP contribution in [0.3, 0.4) is 0 Å². The van der Waals surface area contributed by atoms with E-state index in [1.54, 1.807) is 0 Å². The molecule has 3 N–H and O–H groups in total. The molecule has 0 aliphatic rings. The van der Waals surface area contributed by atoms with E-state index >= 15 is 0 Å². The van der Waals surface area contributed by atoms with Crippen molar-refractivity contribution in [3.63, 3.8) is 0 Å². The predicted molar refractivity (Wildman–Crippen MR) is 99.0 cm³/mol. The van der Waals surface area contributed by atoms with Gasteiger partial charge < -0.3 is 15.4 Å². The van der Waals surface area contributed by atoms with Gasteiger partial charge in [0.25, 0.3) is 15.6 Å². The van der Waals surface area contributed by atoms with Crippen LogP contribution in [0.5, 0.6) is 0 Å². The molecule has 0 radical (unpaired) electrons. The lowest BCUT2D eigenvalue weighted by atomic mass is 10.2. The summed E-state index contributed by atoms with van der Waals surface area (Å²) in [5, 5.41) is 11.5. The highest BCUT2D eigenvalue weighted by Gasteiger charge is 2.23. The van der Waals surface area contributed by atoms with Crippen LogP contribution in [0, 0.1) is 0 Å². The standard InChI is InChI=1S/C16H12ClN3O6S/c17-9-4-5-12-13(6-9)19-16(24)20(15(12)23)27(25,26)11-3-1-2-10(7-11)18-8-14(21)22/h1-7,18H,8H2,(H,19,24)(H,21,22). The van der Waals surface area contributed by atoms with Gasteiger partial charge in [-0.1, -0.05) is 17.7 Å². The monoisotopic (exact) mass is 409 g/mol. The van der Waals surface area contributed by atoms with Crippen molar-refractivity contribution in [2.24, 2.45) is 0 Å². The molecule has 0 fully saturated rings. The van der Waals surface area contributed by atoms with Gasteiger partial charge in [-0.15, -0.1) is 3.97 Å². The topological polar surface area (TPSA) is 138 Å². The number of rotatable bonds is 5. The number of halogens is 1. The number of benzene rings is 2. The molecule has 0 amide bonds. The van der Waals surface area contributed by atoms with Gasteiger partial charge in [0.15, 0.2) is 0 Å². The summed E-state index contributed by atoms with van der Waals surface area (Å²) in [6, 6.07) is 9.20. The summed E-state index contributed by atoms with van der Waals surface area (Å²) >= 11 is 5.82. The van der Waals surface area contributed by atoms with Gasteiger partial charge in [0.1, 0.15) is 6.54 Å². The summed E-state index contributed by atoms with van der Waals surface area (Å²) in [6.07, 6.45) is 0. The average molecular weight is 410 g/mol. The Hall–Kier alpha value is -3.11. The lowest BCUT2D eigenvalue weighted by molar-refractivity contribution is -0.134. The van der Waals surface area contributed by atoms with Gasteiger partial charge in [0, 0.05) is 10.7 Å². The molecule has 0 unspecified atom stereocenters. The van der Waals surface area contributed by atoms with Crippen molar-refractivity contribution in [2.75, 3.05) is 11.9 Å². The number of H-pyrrole nitrogens is 1. The van der Waals surface area contributed by atoms with Crippen LogP contribution in [0.2, 0.25) is 5.02 Å². The van der Waals surface area contributed by atoms with Gasteiger partial charge in [0.05, 0.1) is 15.8 Å². The SMILES string of the molecule is O=C(O)CNc1cccc(S(=O)(=O)n2c(=O)[nH]c3cc(Cl)ccc3c2=O)c1. The van der Waals surface area contributed by atoms with Crippen LogP contribution in [0.4, 0.5) is 5.69 Å². The van der Waals surface area contributed by atoms with Crippen LogP contribution in [0.1, 0.15) is 0 Å². The molecule has 3 aromatic rings. The Kier molecular flexibility index (Phi) is 4.77. The first kappa shape index (κ1) is 18.7. The number of hydrogen-bond donors (Lipinski definition) is 3. The highest BCUT2D eigenvalue weighted by molar-refractivity contribution is 7.90. The number of carboxylic acids is 1. The minimum Gasteiger partial charge on any atom is -0.480 e. The third-order valence-electron chi connectivity index (χ3n) is 3.64. The van der Waals surface area contributed by atoms with E-state index in [1.165, 1.54) is 36.4 Å². The molecule has 140 valence electrons. The molecule has 27 heavy (non-hydrogen) atoms. The Bertz CT molecular complexity index is 1280. The predicted octanol–water partition coefficient (Wildman–Crippen LogP) is 1.08. The summed E-state index contributed by atoms with van der Waals surface area (Å²) in [6.45, 7) is -0.430. The van der Waals surface area contributed by atoms with Crippen LogP contribution in [-0.4, -0.2) is 35.0 Å². The van der Waals surface area contributed by atoms with Crippen LogP contribution < -0.4 is 16.6 Å². The van der Waals surface area contributed by atoms with Gasteiger partial charge >= 0.3 is 11.7 Å². The molecule has 0 bridgehead atoms. The Morgan fingerprint density at radius 2 is 1.93 bits per heavy atom. The van der Waals surface area contributed by atoms with Gasteiger partial charge in [-0.2, -0.15) is 0 Å². The fourth-order valence-electron chi connectivity index (χ4n) is 2.44. The van der Waals surface area contributed by atoms with Crippen molar-refractivity contribution in [1.82, 2.24) is 8.96 Å². The van der Waals surface area contributed by atoms with E-state index in [4.69, 9.17) is 16.7 Å². The molecule has 11 heteroatoms. The van der Waals surface area contributed by atoms with Crippen molar-refractivity contribution < 1.29 is 18.3 Å². The number of nitrogens with one attached hydrogen (secondary N) is 2. The van der Waals surface area contributed by atoms with E-state index in [-0.39, 0.29) is 30.5 Å². The number of fused-ring (bicyclic) bond motifs is 1. The number of carbonyl (C=O) groups is 1. The number of aliphatic carboxylic acids is 1.